The zero-order chi connectivity index (χ0) is 16.3. The van der Waals surface area contributed by atoms with Crippen molar-refractivity contribution in [3.63, 3.8) is 0 Å². The molecule has 8 nitrogen and oxygen atoms in total. The van der Waals surface area contributed by atoms with Gasteiger partial charge in [-0.15, -0.1) is 0 Å². The summed E-state index contributed by atoms with van der Waals surface area (Å²) in [5.74, 6) is -1.68. The molecular formula is C13H12N2Na2O6S. The van der Waals surface area contributed by atoms with Gasteiger partial charge in [0.15, 0.2) is 0 Å². The molecule has 118 valence electrons. The van der Waals surface area contributed by atoms with Crippen molar-refractivity contribution in [1.29, 1.82) is 0 Å². The van der Waals surface area contributed by atoms with Gasteiger partial charge in [-0.25, -0.2) is 4.79 Å². The van der Waals surface area contributed by atoms with Crippen LogP contribution in [0.5, 0.6) is 5.75 Å². The molecule has 0 heterocycles. The quantitative estimate of drug-likeness (QED) is 0.298. The minimum Gasteiger partial charge on any atom is -1.00 e. The maximum absolute atomic E-state index is 10.9. The number of carboxylic acid groups (broad SMARTS) is 1. The Morgan fingerprint density at radius 1 is 0.958 bits per heavy atom. The molecule has 0 unspecified atom stereocenters. The standard InChI is InChI=1S/C13H10N2O6S.2Na.2H/c16-12-6-3-9(7-11(12)13(17)18)15-14-8-1-4-10(5-2-8)22(19,20)21;;;;/h1-7,16H,(H,17,18)(H,19,20,21);;;;/q;2*+1;2*-1. The van der Waals surface area contributed by atoms with Gasteiger partial charge < -0.3 is 13.1 Å². The van der Waals surface area contributed by atoms with Crippen molar-refractivity contribution < 1.29 is 89.9 Å². The Kier molecular flexibility index (Phi) is 9.32. The predicted molar refractivity (Wildman–Crippen MR) is 77.7 cm³/mol. The number of benzene rings is 2. The van der Waals surface area contributed by atoms with Crippen molar-refractivity contribution in [3.05, 3.63) is 48.0 Å². The van der Waals surface area contributed by atoms with E-state index in [4.69, 9.17) is 9.66 Å². The maximum atomic E-state index is 10.9. The monoisotopic (exact) mass is 370 g/mol. The summed E-state index contributed by atoms with van der Waals surface area (Å²) in [6.45, 7) is 0. The van der Waals surface area contributed by atoms with Crippen molar-refractivity contribution >= 4 is 27.5 Å². The van der Waals surface area contributed by atoms with Gasteiger partial charge in [0.2, 0.25) is 0 Å². The molecule has 0 amide bonds. The summed E-state index contributed by atoms with van der Waals surface area (Å²) in [5, 5.41) is 25.8. The maximum Gasteiger partial charge on any atom is 1.00 e. The summed E-state index contributed by atoms with van der Waals surface area (Å²) in [7, 11) is -4.27. The first-order chi connectivity index (χ1) is 10.3. The zero-order valence-electron chi connectivity index (χ0n) is 14.9. The van der Waals surface area contributed by atoms with Crippen LogP contribution in [0.1, 0.15) is 13.2 Å². The molecule has 0 aliphatic rings. The number of hydrogen-bond acceptors (Lipinski definition) is 6. The Balaban J connectivity index is -0.00000132. The van der Waals surface area contributed by atoms with Crippen molar-refractivity contribution in [3.8, 4) is 5.75 Å². The number of hydrogen-bond donors (Lipinski definition) is 3. The Labute approximate surface area is 184 Å². The Bertz CT molecular complexity index is 863. The number of rotatable bonds is 4. The topological polar surface area (TPSA) is 137 Å². The molecule has 0 aromatic heterocycles. The molecule has 0 saturated carbocycles. The fourth-order valence-electron chi connectivity index (χ4n) is 1.56. The van der Waals surface area contributed by atoms with Crippen LogP contribution in [0, 0.1) is 0 Å². The number of aromatic hydroxyl groups is 1. The third-order valence-corrected chi connectivity index (χ3v) is 3.49. The number of carboxylic acids is 1. The van der Waals surface area contributed by atoms with Gasteiger partial charge in [0.1, 0.15) is 11.3 Å². The van der Waals surface area contributed by atoms with Crippen LogP contribution in [0.25, 0.3) is 0 Å². The molecule has 11 heteroatoms. The zero-order valence-corrected chi connectivity index (χ0v) is 17.7. The summed E-state index contributed by atoms with van der Waals surface area (Å²) in [6, 6.07) is 8.66. The number of phenols is 1. The van der Waals surface area contributed by atoms with Gasteiger partial charge in [-0.3, -0.25) is 4.55 Å². The minimum absolute atomic E-state index is 0. The normalized spacial score (nSPS) is 10.7. The van der Waals surface area contributed by atoms with E-state index >= 15 is 0 Å². The molecule has 0 radical (unpaired) electrons. The molecular weight excluding hydrogens is 358 g/mol. The summed E-state index contributed by atoms with van der Waals surface area (Å²) in [6.07, 6.45) is 0. The van der Waals surface area contributed by atoms with Crippen LogP contribution in [-0.2, 0) is 10.1 Å². The molecule has 3 N–H and O–H groups in total. The van der Waals surface area contributed by atoms with Crippen LogP contribution in [0.2, 0.25) is 0 Å². The van der Waals surface area contributed by atoms with Crippen LogP contribution in [0.3, 0.4) is 0 Å². The number of aromatic carboxylic acids is 1. The van der Waals surface area contributed by atoms with Crippen molar-refractivity contribution in [2.75, 3.05) is 0 Å². The van der Waals surface area contributed by atoms with Crippen LogP contribution < -0.4 is 59.1 Å². The Hall–Kier alpha value is -0.780. The molecule has 0 aliphatic carbocycles. The Morgan fingerprint density at radius 2 is 1.46 bits per heavy atom. The Morgan fingerprint density at radius 3 is 1.96 bits per heavy atom. The van der Waals surface area contributed by atoms with Crippen LogP contribution in [-0.4, -0.2) is 29.2 Å². The van der Waals surface area contributed by atoms with E-state index in [1.54, 1.807) is 0 Å². The first-order valence-corrected chi connectivity index (χ1v) is 7.27. The number of carbonyl (C=O) groups is 1. The van der Waals surface area contributed by atoms with Gasteiger partial charge in [-0.1, -0.05) is 0 Å². The van der Waals surface area contributed by atoms with E-state index in [1.165, 1.54) is 24.3 Å². The third-order valence-electron chi connectivity index (χ3n) is 2.63. The molecule has 0 bridgehead atoms. The summed E-state index contributed by atoms with van der Waals surface area (Å²) in [5.41, 5.74) is 0.199. The van der Waals surface area contributed by atoms with Gasteiger partial charge in [0, 0.05) is 0 Å². The van der Waals surface area contributed by atoms with E-state index < -0.39 is 16.1 Å². The second-order valence-corrected chi connectivity index (χ2v) is 5.60. The van der Waals surface area contributed by atoms with E-state index in [0.29, 0.717) is 5.69 Å². The van der Waals surface area contributed by atoms with Gasteiger partial charge in [0.05, 0.1) is 16.3 Å². The third kappa shape index (κ3) is 6.26. The second kappa shape index (κ2) is 9.64. The van der Waals surface area contributed by atoms with Crippen molar-refractivity contribution in [1.82, 2.24) is 0 Å². The summed E-state index contributed by atoms with van der Waals surface area (Å²) < 4.78 is 30.6. The molecule has 2 aromatic carbocycles. The minimum atomic E-state index is -4.27. The van der Waals surface area contributed by atoms with Crippen LogP contribution in [0.4, 0.5) is 11.4 Å². The molecule has 0 saturated heterocycles. The number of nitrogens with zero attached hydrogens (tertiary/aromatic N) is 2. The first kappa shape index (κ1) is 23.2. The van der Waals surface area contributed by atoms with Gasteiger partial charge in [-0.05, 0) is 42.5 Å². The van der Waals surface area contributed by atoms with E-state index in [-0.39, 0.29) is 83.9 Å². The predicted octanol–water partition coefficient (Wildman–Crippen LogP) is -3.01. The average Bonchev–Trinajstić information content (AvgIpc) is 2.45. The van der Waals surface area contributed by atoms with E-state index in [1.807, 2.05) is 0 Å². The first-order valence-electron chi connectivity index (χ1n) is 5.83. The molecule has 0 aliphatic heterocycles. The van der Waals surface area contributed by atoms with E-state index in [2.05, 4.69) is 10.2 Å². The fraction of sp³-hybridized carbons (Fsp3) is 0. The largest absolute Gasteiger partial charge is 1.00 e. The van der Waals surface area contributed by atoms with Gasteiger partial charge in [0.25, 0.3) is 10.1 Å². The number of azo groups is 1. The molecule has 0 fully saturated rings. The SMILES string of the molecule is O=C(O)c1cc(N=Nc2ccc(S(=O)(=O)O)cc2)ccc1O.[H-].[H-].[Na+].[Na+]. The van der Waals surface area contributed by atoms with E-state index in [0.717, 1.165) is 18.2 Å². The van der Waals surface area contributed by atoms with Crippen LogP contribution >= 0.6 is 0 Å². The fourth-order valence-corrected chi connectivity index (χ4v) is 2.04. The van der Waals surface area contributed by atoms with Gasteiger partial charge >= 0.3 is 65.1 Å². The smallest absolute Gasteiger partial charge is 1.00 e. The molecule has 2 aromatic rings. The van der Waals surface area contributed by atoms with Gasteiger partial charge in [-0.2, -0.15) is 18.6 Å². The summed E-state index contributed by atoms with van der Waals surface area (Å²) in [4.78, 5) is 10.6. The summed E-state index contributed by atoms with van der Waals surface area (Å²) >= 11 is 0. The molecule has 2 rings (SSSR count). The van der Waals surface area contributed by atoms with Crippen molar-refractivity contribution in [2.24, 2.45) is 10.2 Å². The second-order valence-electron chi connectivity index (χ2n) is 4.18. The molecule has 24 heavy (non-hydrogen) atoms. The molecule has 0 atom stereocenters. The average molecular weight is 370 g/mol. The van der Waals surface area contributed by atoms with Crippen LogP contribution in [0.15, 0.2) is 57.6 Å². The van der Waals surface area contributed by atoms with Crippen molar-refractivity contribution in [2.45, 2.75) is 4.90 Å². The van der Waals surface area contributed by atoms with E-state index in [9.17, 15) is 18.3 Å². The molecule has 0 spiro atoms.